The van der Waals surface area contributed by atoms with Crippen LogP contribution in [-0.4, -0.2) is 21.3 Å². The van der Waals surface area contributed by atoms with Gasteiger partial charge in [0, 0.05) is 0 Å². The minimum absolute atomic E-state index is 1.08. The molecule has 0 unspecified atom stereocenters. The molecular weight excluding hydrogens is 257 g/mol. The van der Waals surface area contributed by atoms with Crippen molar-refractivity contribution in [3.63, 3.8) is 0 Å². The summed E-state index contributed by atoms with van der Waals surface area (Å²) in [7, 11) is -1.08. The average molecular weight is 279 g/mol. The molecule has 1 heterocycles. The van der Waals surface area contributed by atoms with Gasteiger partial charge in [0.05, 0.1) is 0 Å². The van der Waals surface area contributed by atoms with Crippen LogP contribution in [0.1, 0.15) is 5.56 Å². The number of fused-ring (bicyclic) bond motifs is 1. The molecule has 1 aliphatic heterocycles. The van der Waals surface area contributed by atoms with Gasteiger partial charge in [-0.2, -0.15) is 0 Å². The van der Waals surface area contributed by atoms with Gasteiger partial charge in [-0.3, -0.25) is 0 Å². The quantitative estimate of drug-likeness (QED) is 0.641. The van der Waals surface area contributed by atoms with Gasteiger partial charge in [-0.05, 0) is 0 Å². The first kappa shape index (κ1) is 11.5. The predicted octanol–water partition coefficient (Wildman–Crippen LogP) is 2.84. The molecule has 0 aliphatic carbocycles. The summed E-state index contributed by atoms with van der Waals surface area (Å²) in [5, 5.41) is 3.33. The molecule has 0 radical (unpaired) electrons. The minimum atomic E-state index is -1.62. The summed E-state index contributed by atoms with van der Waals surface area (Å²) < 4.78 is 1.82. The van der Waals surface area contributed by atoms with E-state index in [0.717, 1.165) is 0 Å². The van der Waals surface area contributed by atoms with Crippen LogP contribution in [0.3, 0.4) is 0 Å². The van der Waals surface area contributed by atoms with Crippen LogP contribution in [0.25, 0.3) is 0 Å². The molecule has 0 saturated carbocycles. The molecular formula is C13H22GeSi. The van der Waals surface area contributed by atoms with Crippen molar-refractivity contribution in [1.29, 1.82) is 0 Å². The zero-order chi connectivity index (χ0) is 11.3. The fourth-order valence-electron chi connectivity index (χ4n) is 2.70. The molecule has 1 aliphatic rings. The van der Waals surface area contributed by atoms with Crippen LogP contribution in [0.15, 0.2) is 18.2 Å². The van der Waals surface area contributed by atoms with Gasteiger partial charge < -0.3 is 0 Å². The van der Waals surface area contributed by atoms with Crippen molar-refractivity contribution >= 4 is 30.9 Å². The molecule has 15 heavy (non-hydrogen) atoms. The second-order valence-electron chi connectivity index (χ2n) is 6.32. The third kappa shape index (κ3) is 1.96. The molecule has 0 bridgehead atoms. The first-order chi connectivity index (χ1) is 6.83. The van der Waals surface area contributed by atoms with Crippen LogP contribution in [0, 0.1) is 6.92 Å². The Kier molecular flexibility index (Phi) is 2.67. The standard InChI is InChI=1S/C13H22GeSi/c1-11-6-7-13-12(10-11)14(2,3)8-9-15(13,4)5/h6-7,10H,8-9H2,1-5H3. The van der Waals surface area contributed by atoms with Crippen LogP contribution in [0.5, 0.6) is 0 Å². The number of aryl methyl sites for hydroxylation is 1. The fourth-order valence-corrected chi connectivity index (χ4v) is 20.9. The normalized spacial score (nSPS) is 22.2. The van der Waals surface area contributed by atoms with Crippen molar-refractivity contribution in [2.24, 2.45) is 0 Å². The van der Waals surface area contributed by atoms with Crippen molar-refractivity contribution in [2.75, 3.05) is 0 Å². The van der Waals surface area contributed by atoms with Gasteiger partial charge in [0.25, 0.3) is 0 Å². The van der Waals surface area contributed by atoms with E-state index in [-0.39, 0.29) is 0 Å². The molecule has 82 valence electrons. The van der Waals surface area contributed by atoms with Gasteiger partial charge in [0.1, 0.15) is 0 Å². The van der Waals surface area contributed by atoms with E-state index in [9.17, 15) is 0 Å². The Morgan fingerprint density at radius 2 is 1.87 bits per heavy atom. The van der Waals surface area contributed by atoms with Crippen LogP contribution < -0.4 is 9.58 Å². The molecule has 0 saturated heterocycles. The maximum absolute atomic E-state index is 2.59. The second kappa shape index (κ2) is 3.49. The summed E-state index contributed by atoms with van der Waals surface area (Å²) in [6.45, 7) is 7.32. The molecule has 0 amide bonds. The van der Waals surface area contributed by atoms with Crippen molar-refractivity contribution in [3.05, 3.63) is 23.8 Å². The summed E-state index contributed by atoms with van der Waals surface area (Å²) in [5.41, 5.74) is 1.46. The number of hydrogen-bond donors (Lipinski definition) is 0. The third-order valence-electron chi connectivity index (χ3n) is 4.01. The summed E-state index contributed by atoms with van der Waals surface area (Å²) in [5.74, 6) is 5.17. The molecule has 2 heteroatoms. The Morgan fingerprint density at radius 3 is 2.53 bits per heavy atom. The van der Waals surface area contributed by atoms with E-state index in [4.69, 9.17) is 0 Å². The van der Waals surface area contributed by atoms with Crippen molar-refractivity contribution < 1.29 is 0 Å². The van der Waals surface area contributed by atoms with E-state index in [1.807, 2.05) is 4.40 Å². The van der Waals surface area contributed by atoms with Crippen LogP contribution in [0.4, 0.5) is 0 Å². The van der Waals surface area contributed by atoms with Crippen molar-refractivity contribution in [3.8, 4) is 0 Å². The molecule has 0 nitrogen and oxygen atoms in total. The number of hydrogen-bond acceptors (Lipinski definition) is 0. The van der Waals surface area contributed by atoms with E-state index >= 15 is 0 Å². The Bertz CT molecular complexity index is 394. The van der Waals surface area contributed by atoms with E-state index in [0.29, 0.717) is 0 Å². The van der Waals surface area contributed by atoms with Gasteiger partial charge in [0.2, 0.25) is 0 Å². The Morgan fingerprint density at radius 1 is 1.20 bits per heavy atom. The predicted molar refractivity (Wildman–Crippen MR) is 75.0 cm³/mol. The SMILES string of the molecule is Cc1ccc2[c](c1)[Ge]([CH3])([CH3])[CH2]C[Si]2(C)C. The van der Waals surface area contributed by atoms with Gasteiger partial charge in [-0.1, -0.05) is 0 Å². The summed E-state index contributed by atoms with van der Waals surface area (Å²) in [6.07, 6.45) is 0. The van der Waals surface area contributed by atoms with E-state index in [1.165, 1.54) is 11.6 Å². The van der Waals surface area contributed by atoms with E-state index in [2.05, 4.69) is 49.7 Å². The maximum atomic E-state index is 2.59. The number of rotatable bonds is 0. The third-order valence-corrected chi connectivity index (χ3v) is 16.1. The Labute approximate surface area is 97.5 Å². The zero-order valence-corrected chi connectivity index (χ0v) is 13.7. The zero-order valence-electron chi connectivity index (χ0n) is 10.6. The van der Waals surface area contributed by atoms with Crippen LogP contribution >= 0.6 is 0 Å². The van der Waals surface area contributed by atoms with Crippen LogP contribution in [-0.2, 0) is 0 Å². The molecule has 1 aromatic carbocycles. The average Bonchev–Trinajstić information content (AvgIpc) is 2.13. The topological polar surface area (TPSA) is 0 Å². The molecule has 0 spiro atoms. The number of benzene rings is 1. The molecule has 0 aromatic heterocycles. The van der Waals surface area contributed by atoms with Crippen molar-refractivity contribution in [2.45, 2.75) is 42.8 Å². The molecule has 2 rings (SSSR count). The summed E-state index contributed by atoms with van der Waals surface area (Å²) in [6, 6.07) is 8.79. The second-order valence-corrected chi connectivity index (χ2v) is 21.2. The molecule has 0 atom stereocenters. The fraction of sp³-hybridized carbons (Fsp3) is 0.538. The first-order valence-electron chi connectivity index (χ1n) is 5.95. The molecule has 0 N–H and O–H groups in total. The van der Waals surface area contributed by atoms with E-state index in [1.54, 1.807) is 10.4 Å². The Hall–Kier alpha value is -0.0203. The Balaban J connectivity index is 2.64. The monoisotopic (exact) mass is 280 g/mol. The van der Waals surface area contributed by atoms with Gasteiger partial charge in [-0.15, -0.1) is 0 Å². The molecule has 0 fully saturated rings. The van der Waals surface area contributed by atoms with Crippen molar-refractivity contribution in [1.82, 2.24) is 0 Å². The van der Waals surface area contributed by atoms with E-state index < -0.39 is 21.3 Å². The van der Waals surface area contributed by atoms with Gasteiger partial charge in [-0.25, -0.2) is 0 Å². The van der Waals surface area contributed by atoms with Gasteiger partial charge in [0.15, 0.2) is 0 Å². The first-order valence-corrected chi connectivity index (χ1v) is 15.9. The molecule has 1 aromatic rings. The van der Waals surface area contributed by atoms with Crippen LogP contribution in [0.2, 0.25) is 35.9 Å². The summed E-state index contributed by atoms with van der Waals surface area (Å²) >= 11 is -1.62. The summed E-state index contributed by atoms with van der Waals surface area (Å²) in [4.78, 5) is 0. The van der Waals surface area contributed by atoms with Gasteiger partial charge >= 0.3 is 97.5 Å².